The van der Waals surface area contributed by atoms with Gasteiger partial charge in [-0.1, -0.05) is 11.3 Å². The van der Waals surface area contributed by atoms with E-state index in [9.17, 15) is 4.79 Å². The van der Waals surface area contributed by atoms with Crippen LogP contribution in [-0.2, 0) is 4.79 Å². The van der Waals surface area contributed by atoms with Crippen molar-refractivity contribution >= 4 is 27.4 Å². The molecule has 1 atom stereocenters. The molecule has 1 heterocycles. The number of amides is 1. The second-order valence-corrected chi connectivity index (χ2v) is 3.89. The molecule has 0 aromatic carbocycles. The highest BCUT2D eigenvalue weighted by Crippen LogP contribution is 2.19. The molecular weight excluding hydrogens is 200 g/mol. The lowest BCUT2D eigenvalue weighted by Gasteiger charge is -2.11. The van der Waals surface area contributed by atoms with Crippen molar-refractivity contribution < 1.29 is 4.79 Å². The molecule has 0 aliphatic carbocycles. The molecule has 0 aliphatic rings. The molecular formula is C8H14N4OS. The van der Waals surface area contributed by atoms with E-state index in [2.05, 4.69) is 15.6 Å². The van der Waals surface area contributed by atoms with Gasteiger partial charge in [-0.25, -0.2) is 4.98 Å². The summed E-state index contributed by atoms with van der Waals surface area (Å²) >= 11 is 1.33. The number of anilines is 2. The lowest BCUT2D eigenvalue weighted by Crippen LogP contribution is -2.37. The van der Waals surface area contributed by atoms with Crippen molar-refractivity contribution in [3.63, 3.8) is 0 Å². The fraction of sp³-hybridized carbons (Fsp3) is 0.500. The first-order chi connectivity index (χ1) is 6.63. The van der Waals surface area contributed by atoms with Gasteiger partial charge >= 0.3 is 0 Å². The Bertz CT molecular complexity index is 312. The van der Waals surface area contributed by atoms with Crippen LogP contribution in [0.2, 0.25) is 0 Å². The average Bonchev–Trinajstić information content (AvgIpc) is 2.51. The van der Waals surface area contributed by atoms with Crippen LogP contribution < -0.4 is 16.4 Å². The van der Waals surface area contributed by atoms with Crippen molar-refractivity contribution in [3.8, 4) is 0 Å². The van der Waals surface area contributed by atoms with Crippen molar-refractivity contribution in [2.45, 2.75) is 19.9 Å². The number of rotatable bonds is 4. The third-order valence-corrected chi connectivity index (χ3v) is 2.37. The van der Waals surface area contributed by atoms with E-state index in [0.717, 1.165) is 0 Å². The van der Waals surface area contributed by atoms with E-state index < -0.39 is 0 Å². The number of hydrogen-bond donors (Lipinski definition) is 3. The molecule has 1 unspecified atom stereocenters. The number of nitrogens with two attached hydrogens (primary N) is 1. The van der Waals surface area contributed by atoms with Gasteiger partial charge in [0.25, 0.3) is 0 Å². The summed E-state index contributed by atoms with van der Waals surface area (Å²) in [7, 11) is 0. The minimum absolute atomic E-state index is 0.0405. The number of hydrogen-bond acceptors (Lipinski definition) is 5. The maximum Gasteiger partial charge on any atom is 0.242 e. The molecule has 1 amide bonds. The molecule has 0 bridgehead atoms. The van der Waals surface area contributed by atoms with Crippen molar-refractivity contribution in [2.24, 2.45) is 0 Å². The van der Waals surface area contributed by atoms with Gasteiger partial charge in [0, 0.05) is 6.54 Å². The first-order valence-electron chi connectivity index (χ1n) is 4.39. The Morgan fingerprint density at radius 1 is 1.79 bits per heavy atom. The van der Waals surface area contributed by atoms with Gasteiger partial charge in [0.05, 0.1) is 6.20 Å². The molecule has 1 rings (SSSR count). The first kappa shape index (κ1) is 10.8. The summed E-state index contributed by atoms with van der Waals surface area (Å²) in [5.74, 6) is -0.0405. The van der Waals surface area contributed by atoms with E-state index >= 15 is 0 Å². The molecule has 1 aromatic heterocycles. The van der Waals surface area contributed by atoms with Gasteiger partial charge in [-0.3, -0.25) is 4.79 Å². The van der Waals surface area contributed by atoms with Gasteiger partial charge < -0.3 is 16.4 Å². The third kappa shape index (κ3) is 2.88. The van der Waals surface area contributed by atoms with Gasteiger partial charge in [0.1, 0.15) is 11.0 Å². The maximum atomic E-state index is 11.3. The Kier molecular flexibility index (Phi) is 3.70. The van der Waals surface area contributed by atoms with Crippen molar-refractivity contribution in [2.75, 3.05) is 17.6 Å². The standard InChI is InChI=1S/C8H14N4OS/c1-3-10-7(13)5(2)12-8-11-4-6(9)14-8/h4-5H,3,9H2,1-2H3,(H,10,13)(H,11,12). The summed E-state index contributed by atoms with van der Waals surface area (Å²) in [6.45, 7) is 4.29. The Labute approximate surface area is 86.7 Å². The second-order valence-electron chi connectivity index (χ2n) is 2.83. The van der Waals surface area contributed by atoms with Crippen LogP contribution >= 0.6 is 11.3 Å². The Morgan fingerprint density at radius 3 is 3.00 bits per heavy atom. The third-order valence-electron chi connectivity index (χ3n) is 1.61. The van der Waals surface area contributed by atoms with E-state index in [-0.39, 0.29) is 11.9 Å². The fourth-order valence-corrected chi connectivity index (χ4v) is 1.60. The van der Waals surface area contributed by atoms with Crippen LogP contribution in [0.15, 0.2) is 6.20 Å². The SMILES string of the molecule is CCNC(=O)C(C)Nc1ncc(N)s1. The van der Waals surface area contributed by atoms with Gasteiger partial charge in [0.15, 0.2) is 5.13 Å². The van der Waals surface area contributed by atoms with Crippen LogP contribution in [0.1, 0.15) is 13.8 Å². The lowest BCUT2D eigenvalue weighted by atomic mass is 10.3. The second kappa shape index (κ2) is 4.80. The van der Waals surface area contributed by atoms with Crippen LogP contribution in [0.25, 0.3) is 0 Å². The number of nitrogens with one attached hydrogen (secondary N) is 2. The van der Waals surface area contributed by atoms with E-state index in [1.807, 2.05) is 6.92 Å². The highest BCUT2D eigenvalue weighted by molar-refractivity contribution is 7.19. The van der Waals surface area contributed by atoms with Crippen molar-refractivity contribution in [1.29, 1.82) is 0 Å². The van der Waals surface area contributed by atoms with Crippen LogP contribution in [-0.4, -0.2) is 23.5 Å². The quantitative estimate of drug-likeness (QED) is 0.688. The summed E-state index contributed by atoms with van der Waals surface area (Å²) in [6.07, 6.45) is 1.57. The Hall–Kier alpha value is -1.30. The summed E-state index contributed by atoms with van der Waals surface area (Å²) in [4.78, 5) is 15.3. The highest BCUT2D eigenvalue weighted by Gasteiger charge is 2.12. The predicted molar refractivity (Wildman–Crippen MR) is 58.3 cm³/mol. The molecule has 1 aromatic rings. The minimum Gasteiger partial charge on any atom is -0.389 e. The van der Waals surface area contributed by atoms with E-state index in [1.54, 1.807) is 13.1 Å². The zero-order chi connectivity index (χ0) is 10.6. The molecule has 14 heavy (non-hydrogen) atoms. The summed E-state index contributed by atoms with van der Waals surface area (Å²) in [5.41, 5.74) is 5.50. The molecule has 0 saturated carbocycles. The number of thiazole rings is 1. The van der Waals surface area contributed by atoms with Gasteiger partial charge in [-0.2, -0.15) is 0 Å². The molecule has 5 nitrogen and oxygen atoms in total. The van der Waals surface area contributed by atoms with Crippen LogP contribution in [0, 0.1) is 0 Å². The number of nitrogen functional groups attached to an aromatic ring is 1. The largest absolute Gasteiger partial charge is 0.389 e. The number of carbonyl (C=O) groups is 1. The van der Waals surface area contributed by atoms with Crippen molar-refractivity contribution in [1.82, 2.24) is 10.3 Å². The summed E-state index contributed by atoms with van der Waals surface area (Å²) < 4.78 is 0. The molecule has 0 fully saturated rings. The van der Waals surface area contributed by atoms with Crippen LogP contribution in [0.3, 0.4) is 0 Å². The molecule has 6 heteroatoms. The molecule has 4 N–H and O–H groups in total. The van der Waals surface area contributed by atoms with E-state index in [0.29, 0.717) is 16.7 Å². The number of nitrogens with zero attached hydrogens (tertiary/aromatic N) is 1. The molecule has 0 saturated heterocycles. The monoisotopic (exact) mass is 214 g/mol. The summed E-state index contributed by atoms with van der Waals surface area (Å²) in [6, 6.07) is -0.291. The smallest absolute Gasteiger partial charge is 0.242 e. The average molecular weight is 214 g/mol. The highest BCUT2D eigenvalue weighted by atomic mass is 32.1. The Morgan fingerprint density at radius 2 is 2.50 bits per heavy atom. The number of likely N-dealkylation sites (N-methyl/N-ethyl adjacent to an activating group) is 1. The topological polar surface area (TPSA) is 80.0 Å². The first-order valence-corrected chi connectivity index (χ1v) is 5.20. The van der Waals surface area contributed by atoms with Gasteiger partial charge in [-0.15, -0.1) is 0 Å². The zero-order valence-corrected chi connectivity index (χ0v) is 9.02. The van der Waals surface area contributed by atoms with Gasteiger partial charge in [-0.05, 0) is 13.8 Å². The number of aromatic nitrogens is 1. The predicted octanol–water partition coefficient (Wildman–Crippen LogP) is 0.662. The minimum atomic E-state index is -0.291. The Balaban J connectivity index is 2.48. The molecule has 0 radical (unpaired) electrons. The van der Waals surface area contributed by atoms with Crippen LogP contribution in [0.4, 0.5) is 10.1 Å². The van der Waals surface area contributed by atoms with E-state index in [1.165, 1.54) is 11.3 Å². The number of carbonyl (C=O) groups excluding carboxylic acids is 1. The fourth-order valence-electron chi connectivity index (χ4n) is 0.931. The lowest BCUT2D eigenvalue weighted by molar-refractivity contribution is -0.121. The summed E-state index contributed by atoms with van der Waals surface area (Å²) in [5, 5.41) is 6.98. The zero-order valence-electron chi connectivity index (χ0n) is 8.20. The maximum absolute atomic E-state index is 11.3. The molecule has 78 valence electrons. The molecule has 0 aliphatic heterocycles. The van der Waals surface area contributed by atoms with Crippen LogP contribution in [0.5, 0.6) is 0 Å². The normalized spacial score (nSPS) is 12.1. The van der Waals surface area contributed by atoms with Gasteiger partial charge in [0.2, 0.25) is 5.91 Å². The molecule has 0 spiro atoms. The van der Waals surface area contributed by atoms with Crippen molar-refractivity contribution in [3.05, 3.63) is 6.20 Å². The van der Waals surface area contributed by atoms with E-state index in [4.69, 9.17) is 5.73 Å².